The quantitative estimate of drug-likeness (QED) is 0.176. The normalized spacial score (nSPS) is 14.6. The van der Waals surface area contributed by atoms with E-state index in [-0.39, 0.29) is 10.8 Å². The van der Waals surface area contributed by atoms with E-state index >= 15 is 0 Å². The Bertz CT molecular complexity index is 2370. The number of hydrogen-bond donors (Lipinski definition) is 0. The maximum absolute atomic E-state index is 2.49. The van der Waals surface area contributed by atoms with E-state index in [9.17, 15) is 0 Å². The molecule has 2 aliphatic rings. The zero-order chi connectivity index (χ0) is 33.3. The van der Waals surface area contributed by atoms with Crippen LogP contribution >= 0.6 is 0 Å². The van der Waals surface area contributed by atoms with Crippen LogP contribution in [0.1, 0.15) is 62.8 Å². The SMILES string of the molecule is CCC1(CC)c2ccccc2-c2ccc(N(c3ccc(-c4ccccc4)cc3)c3ccc4c(c3)C(C)(C)c3cc5ccccc5cc3-4)cc21. The monoisotopic (exact) mass is 631 g/mol. The van der Waals surface area contributed by atoms with Crippen LogP contribution < -0.4 is 4.90 Å². The maximum atomic E-state index is 2.49. The summed E-state index contributed by atoms with van der Waals surface area (Å²) in [4.78, 5) is 2.48. The molecule has 0 aromatic heterocycles. The van der Waals surface area contributed by atoms with Crippen LogP contribution in [0.25, 0.3) is 44.2 Å². The zero-order valence-electron chi connectivity index (χ0n) is 28.8. The van der Waals surface area contributed by atoms with Crippen LogP contribution in [0.5, 0.6) is 0 Å². The summed E-state index contributed by atoms with van der Waals surface area (Å²) in [5, 5.41) is 2.60. The van der Waals surface area contributed by atoms with Crippen molar-refractivity contribution in [3.05, 3.63) is 174 Å². The molecule has 9 rings (SSSR count). The van der Waals surface area contributed by atoms with E-state index < -0.39 is 0 Å². The number of hydrogen-bond acceptors (Lipinski definition) is 1. The Hall–Kier alpha value is -5.40. The first-order valence-corrected chi connectivity index (χ1v) is 17.8. The third-order valence-electron chi connectivity index (χ3n) is 11.7. The second kappa shape index (κ2) is 11.1. The van der Waals surface area contributed by atoms with E-state index in [1.165, 1.54) is 77.8 Å². The van der Waals surface area contributed by atoms with Crippen molar-refractivity contribution in [1.29, 1.82) is 0 Å². The molecule has 0 amide bonds. The largest absolute Gasteiger partial charge is 0.310 e. The molecule has 0 unspecified atom stereocenters. The predicted octanol–water partition coefficient (Wildman–Crippen LogP) is 13.4. The Balaban J connectivity index is 1.22. The molecule has 0 radical (unpaired) electrons. The van der Waals surface area contributed by atoms with Crippen LogP contribution in [0.15, 0.2) is 152 Å². The third kappa shape index (κ3) is 4.38. The Morgan fingerprint density at radius 2 is 0.918 bits per heavy atom. The molecule has 49 heavy (non-hydrogen) atoms. The standard InChI is InChI=1S/C48H41N/c1-5-48(6-2)43-19-13-12-18-39(43)40-26-24-38(31-46(40)48)49(36-22-20-33(21-23-36)32-14-8-7-9-15-32)37-25-27-41-42-28-34-16-10-11-17-35(34)29-44(42)47(3,4)45(41)30-37/h7-31H,5-6H2,1-4H3. The second-order valence-corrected chi connectivity index (χ2v) is 14.4. The first kappa shape index (κ1) is 29.7. The van der Waals surface area contributed by atoms with Gasteiger partial charge < -0.3 is 4.90 Å². The van der Waals surface area contributed by atoms with Gasteiger partial charge in [0.05, 0.1) is 0 Å². The molecule has 0 bridgehead atoms. The summed E-state index contributed by atoms with van der Waals surface area (Å²) in [5.41, 5.74) is 17.1. The topological polar surface area (TPSA) is 3.24 Å². The lowest BCUT2D eigenvalue weighted by Gasteiger charge is -2.32. The molecular formula is C48H41N. The van der Waals surface area contributed by atoms with Gasteiger partial charge in [-0.15, -0.1) is 0 Å². The van der Waals surface area contributed by atoms with Crippen molar-refractivity contribution in [2.24, 2.45) is 0 Å². The van der Waals surface area contributed by atoms with E-state index in [0.29, 0.717) is 0 Å². The highest BCUT2D eigenvalue weighted by atomic mass is 15.1. The third-order valence-corrected chi connectivity index (χ3v) is 11.7. The summed E-state index contributed by atoms with van der Waals surface area (Å²) >= 11 is 0. The lowest BCUT2D eigenvalue weighted by Crippen LogP contribution is -2.23. The molecule has 2 aliphatic carbocycles. The number of nitrogens with zero attached hydrogens (tertiary/aromatic N) is 1. The molecule has 0 spiro atoms. The van der Waals surface area contributed by atoms with Crippen molar-refractivity contribution >= 4 is 27.8 Å². The summed E-state index contributed by atoms with van der Waals surface area (Å²) in [6, 6.07) is 56.8. The fourth-order valence-corrected chi connectivity index (χ4v) is 9.02. The predicted molar refractivity (Wildman–Crippen MR) is 208 cm³/mol. The van der Waals surface area contributed by atoms with Crippen LogP contribution in [-0.4, -0.2) is 0 Å². The molecule has 0 saturated heterocycles. The average molecular weight is 632 g/mol. The minimum absolute atomic E-state index is 0.00828. The number of fused-ring (bicyclic) bond motifs is 7. The minimum atomic E-state index is -0.118. The number of anilines is 3. The molecule has 0 fully saturated rings. The lowest BCUT2D eigenvalue weighted by molar-refractivity contribution is 0.490. The highest BCUT2D eigenvalue weighted by Crippen LogP contribution is 2.55. The van der Waals surface area contributed by atoms with Gasteiger partial charge in [-0.2, -0.15) is 0 Å². The van der Waals surface area contributed by atoms with E-state index in [4.69, 9.17) is 0 Å². The summed E-state index contributed by atoms with van der Waals surface area (Å²) < 4.78 is 0. The maximum Gasteiger partial charge on any atom is 0.0465 e. The van der Waals surface area contributed by atoms with Gasteiger partial charge in [0.1, 0.15) is 0 Å². The fourth-order valence-electron chi connectivity index (χ4n) is 9.02. The molecule has 0 N–H and O–H groups in total. The molecule has 238 valence electrons. The minimum Gasteiger partial charge on any atom is -0.310 e. The molecule has 0 saturated carbocycles. The van der Waals surface area contributed by atoms with Gasteiger partial charge in [0.25, 0.3) is 0 Å². The Labute approximate surface area is 290 Å². The van der Waals surface area contributed by atoms with Crippen LogP contribution in [0.4, 0.5) is 17.1 Å². The van der Waals surface area contributed by atoms with Gasteiger partial charge in [0.15, 0.2) is 0 Å². The fraction of sp³-hybridized carbons (Fsp3) is 0.167. The van der Waals surface area contributed by atoms with Crippen molar-refractivity contribution < 1.29 is 0 Å². The molecule has 1 nitrogen and oxygen atoms in total. The summed E-state index contributed by atoms with van der Waals surface area (Å²) in [6.45, 7) is 9.48. The number of benzene rings is 7. The Morgan fingerprint density at radius 1 is 0.408 bits per heavy atom. The first-order valence-electron chi connectivity index (χ1n) is 17.8. The van der Waals surface area contributed by atoms with Gasteiger partial charge in [-0.05, 0) is 128 Å². The highest BCUT2D eigenvalue weighted by Gasteiger charge is 2.41. The van der Waals surface area contributed by atoms with Crippen LogP contribution in [-0.2, 0) is 10.8 Å². The van der Waals surface area contributed by atoms with Crippen molar-refractivity contribution in [3.8, 4) is 33.4 Å². The van der Waals surface area contributed by atoms with E-state index in [0.717, 1.165) is 18.5 Å². The highest BCUT2D eigenvalue weighted by molar-refractivity contribution is 5.95. The van der Waals surface area contributed by atoms with Crippen molar-refractivity contribution in [1.82, 2.24) is 0 Å². The summed E-state index contributed by atoms with van der Waals surface area (Å²) in [7, 11) is 0. The van der Waals surface area contributed by atoms with E-state index in [1.807, 2.05) is 0 Å². The van der Waals surface area contributed by atoms with Crippen LogP contribution in [0, 0.1) is 0 Å². The average Bonchev–Trinajstić information content (AvgIpc) is 3.55. The van der Waals surface area contributed by atoms with Crippen molar-refractivity contribution in [3.63, 3.8) is 0 Å². The first-order chi connectivity index (χ1) is 23.9. The molecular weight excluding hydrogens is 591 g/mol. The van der Waals surface area contributed by atoms with Gasteiger partial charge >= 0.3 is 0 Å². The molecule has 1 heteroatoms. The number of rotatable bonds is 6. The van der Waals surface area contributed by atoms with Crippen LogP contribution in [0.3, 0.4) is 0 Å². The van der Waals surface area contributed by atoms with Gasteiger partial charge in [-0.3, -0.25) is 0 Å². The molecule has 0 aliphatic heterocycles. The van der Waals surface area contributed by atoms with Gasteiger partial charge in [0.2, 0.25) is 0 Å². The van der Waals surface area contributed by atoms with Gasteiger partial charge in [-0.1, -0.05) is 131 Å². The van der Waals surface area contributed by atoms with Crippen molar-refractivity contribution in [2.45, 2.75) is 51.4 Å². The Kier molecular flexibility index (Phi) is 6.71. The lowest BCUT2D eigenvalue weighted by atomic mass is 9.74. The van der Waals surface area contributed by atoms with E-state index in [1.54, 1.807) is 0 Å². The zero-order valence-corrected chi connectivity index (χ0v) is 28.8. The summed E-state index contributed by atoms with van der Waals surface area (Å²) in [5.74, 6) is 0. The molecule has 0 heterocycles. The van der Waals surface area contributed by atoms with Gasteiger partial charge in [0, 0.05) is 27.9 Å². The Morgan fingerprint density at radius 3 is 1.61 bits per heavy atom. The second-order valence-electron chi connectivity index (χ2n) is 14.4. The summed E-state index contributed by atoms with van der Waals surface area (Å²) in [6.07, 6.45) is 2.14. The van der Waals surface area contributed by atoms with Crippen LogP contribution in [0.2, 0.25) is 0 Å². The molecule has 0 atom stereocenters. The smallest absolute Gasteiger partial charge is 0.0465 e. The van der Waals surface area contributed by atoms with Gasteiger partial charge in [-0.25, -0.2) is 0 Å². The molecule has 7 aromatic rings. The van der Waals surface area contributed by atoms with Crippen molar-refractivity contribution in [2.75, 3.05) is 4.90 Å². The van der Waals surface area contributed by atoms with E-state index in [2.05, 4.69) is 184 Å². The molecule has 7 aromatic carbocycles.